The fourth-order valence-corrected chi connectivity index (χ4v) is 2.08. The maximum absolute atomic E-state index is 6.06. The number of hydrogen-bond donors (Lipinski definition) is 0. The summed E-state index contributed by atoms with van der Waals surface area (Å²) in [6, 6.07) is 5.38. The van der Waals surface area contributed by atoms with Gasteiger partial charge in [0.2, 0.25) is 0 Å². The fraction of sp³-hybridized carbons (Fsp3) is 0.385. The van der Waals surface area contributed by atoms with Gasteiger partial charge in [0, 0.05) is 7.11 Å². The molecule has 0 N–H and O–H groups in total. The summed E-state index contributed by atoms with van der Waals surface area (Å²) in [5.41, 5.74) is 0.825. The smallest absolute Gasteiger partial charge is 0.177 e. The van der Waals surface area contributed by atoms with E-state index in [2.05, 4.69) is 10.1 Å². The van der Waals surface area contributed by atoms with E-state index >= 15 is 0 Å². The van der Waals surface area contributed by atoms with Crippen molar-refractivity contribution in [2.45, 2.75) is 13.2 Å². The van der Waals surface area contributed by atoms with Crippen LogP contribution in [-0.2, 0) is 17.9 Å². The molecule has 2 aromatic rings. The number of halogens is 2. The average Bonchev–Trinajstić information content (AvgIpc) is 2.75. The lowest BCUT2D eigenvalue weighted by atomic mass is 10.3. The normalized spacial score (nSPS) is 11.3. The molecule has 0 aliphatic rings. The van der Waals surface area contributed by atoms with Crippen LogP contribution >= 0.6 is 23.2 Å². The third-order valence-electron chi connectivity index (χ3n) is 2.60. The van der Waals surface area contributed by atoms with Gasteiger partial charge in [-0.2, -0.15) is 0 Å². The Morgan fingerprint density at radius 3 is 2.60 bits per heavy atom. The van der Waals surface area contributed by atoms with Gasteiger partial charge in [-0.15, -0.1) is 5.10 Å². The highest BCUT2D eigenvalue weighted by molar-refractivity contribution is 6.42. The third-order valence-corrected chi connectivity index (χ3v) is 3.34. The second-order valence-corrected chi connectivity index (χ2v) is 5.44. The lowest BCUT2D eigenvalue weighted by Gasteiger charge is -2.11. The van der Waals surface area contributed by atoms with Crippen molar-refractivity contribution in [1.82, 2.24) is 19.7 Å². The highest BCUT2D eigenvalue weighted by Crippen LogP contribution is 2.24. The summed E-state index contributed by atoms with van der Waals surface area (Å²) < 4.78 is 6.84. The van der Waals surface area contributed by atoms with Gasteiger partial charge < -0.3 is 9.64 Å². The summed E-state index contributed by atoms with van der Waals surface area (Å²) >= 11 is 12.0. The van der Waals surface area contributed by atoms with Crippen LogP contribution in [0, 0.1) is 0 Å². The number of benzene rings is 1. The monoisotopic (exact) mass is 314 g/mol. The Balaban J connectivity index is 2.44. The highest BCUT2D eigenvalue weighted by atomic mass is 35.5. The molecule has 20 heavy (non-hydrogen) atoms. The standard InChI is InChI=1S/C13H16Cl2N4O/c1-18(2)7-13-16-12(8-20-3)17-19(13)9-4-5-10(14)11(15)6-9/h4-6H,7-8H2,1-3H3. The Labute approximate surface area is 128 Å². The molecule has 1 aromatic carbocycles. The summed E-state index contributed by atoms with van der Waals surface area (Å²) in [6.45, 7) is 1.03. The zero-order valence-corrected chi connectivity index (χ0v) is 13.1. The molecule has 0 aliphatic heterocycles. The number of hydrogen-bond acceptors (Lipinski definition) is 4. The van der Waals surface area contributed by atoms with E-state index in [9.17, 15) is 0 Å². The Hall–Kier alpha value is -1.14. The molecule has 5 nitrogen and oxygen atoms in total. The van der Waals surface area contributed by atoms with Crippen LogP contribution in [0.1, 0.15) is 11.6 Å². The SMILES string of the molecule is COCc1nc(CN(C)C)n(-c2ccc(Cl)c(Cl)c2)n1. The van der Waals surface area contributed by atoms with Crippen LogP contribution in [0.4, 0.5) is 0 Å². The van der Waals surface area contributed by atoms with Crippen LogP contribution in [0.25, 0.3) is 5.69 Å². The highest BCUT2D eigenvalue weighted by Gasteiger charge is 2.13. The molecule has 1 aromatic heterocycles. The van der Waals surface area contributed by atoms with Gasteiger partial charge >= 0.3 is 0 Å². The van der Waals surface area contributed by atoms with Gasteiger partial charge in [-0.05, 0) is 32.3 Å². The topological polar surface area (TPSA) is 43.2 Å². The number of rotatable bonds is 5. The van der Waals surface area contributed by atoms with Crippen molar-refractivity contribution in [2.75, 3.05) is 21.2 Å². The van der Waals surface area contributed by atoms with Crippen molar-refractivity contribution in [3.63, 3.8) is 0 Å². The van der Waals surface area contributed by atoms with Crippen LogP contribution in [0.2, 0.25) is 10.0 Å². The van der Waals surface area contributed by atoms with Gasteiger partial charge in [-0.1, -0.05) is 23.2 Å². The molecule has 0 spiro atoms. The average molecular weight is 315 g/mol. The van der Waals surface area contributed by atoms with E-state index in [0.717, 1.165) is 11.5 Å². The Bertz CT molecular complexity index is 598. The van der Waals surface area contributed by atoms with Crippen molar-refractivity contribution in [3.05, 3.63) is 39.9 Å². The predicted octanol–water partition coefficient (Wildman–Crippen LogP) is 2.78. The van der Waals surface area contributed by atoms with Crippen molar-refractivity contribution in [1.29, 1.82) is 0 Å². The van der Waals surface area contributed by atoms with Gasteiger partial charge in [0.25, 0.3) is 0 Å². The Morgan fingerprint density at radius 1 is 1.25 bits per heavy atom. The fourth-order valence-electron chi connectivity index (χ4n) is 1.79. The van der Waals surface area contributed by atoms with E-state index < -0.39 is 0 Å². The van der Waals surface area contributed by atoms with E-state index in [1.54, 1.807) is 23.9 Å². The van der Waals surface area contributed by atoms with E-state index in [-0.39, 0.29) is 0 Å². The first-order chi connectivity index (χ1) is 9.51. The maximum atomic E-state index is 6.06. The molecular weight excluding hydrogens is 299 g/mol. The van der Waals surface area contributed by atoms with Crippen LogP contribution in [0.15, 0.2) is 18.2 Å². The lowest BCUT2D eigenvalue weighted by molar-refractivity contribution is 0.177. The van der Waals surface area contributed by atoms with Crippen LogP contribution in [0.3, 0.4) is 0 Å². The van der Waals surface area contributed by atoms with E-state index in [1.165, 1.54) is 0 Å². The van der Waals surface area contributed by atoms with Crippen LogP contribution in [0.5, 0.6) is 0 Å². The van der Waals surface area contributed by atoms with Gasteiger partial charge in [0.05, 0.1) is 22.3 Å². The van der Waals surface area contributed by atoms with Gasteiger partial charge in [-0.3, -0.25) is 0 Å². The van der Waals surface area contributed by atoms with E-state index in [4.69, 9.17) is 27.9 Å². The van der Waals surface area contributed by atoms with E-state index in [0.29, 0.717) is 29.0 Å². The molecule has 0 atom stereocenters. The van der Waals surface area contributed by atoms with Gasteiger partial charge in [0.15, 0.2) is 5.82 Å². The summed E-state index contributed by atoms with van der Waals surface area (Å²) in [4.78, 5) is 6.50. The van der Waals surface area contributed by atoms with Gasteiger partial charge in [0.1, 0.15) is 12.4 Å². The molecule has 108 valence electrons. The molecule has 7 heteroatoms. The molecule has 0 bridgehead atoms. The zero-order chi connectivity index (χ0) is 14.7. The molecule has 0 amide bonds. The summed E-state index contributed by atoms with van der Waals surface area (Å²) in [7, 11) is 5.57. The third kappa shape index (κ3) is 3.49. The summed E-state index contributed by atoms with van der Waals surface area (Å²) in [5.74, 6) is 1.45. The largest absolute Gasteiger partial charge is 0.377 e. The Morgan fingerprint density at radius 2 is 2.00 bits per heavy atom. The van der Waals surface area contributed by atoms with Crippen molar-refractivity contribution in [2.24, 2.45) is 0 Å². The first-order valence-electron chi connectivity index (χ1n) is 6.05. The van der Waals surface area contributed by atoms with E-state index in [1.807, 2.05) is 25.1 Å². The first-order valence-corrected chi connectivity index (χ1v) is 6.80. The molecule has 0 unspecified atom stereocenters. The summed E-state index contributed by atoms with van der Waals surface area (Å²) in [5, 5.41) is 5.45. The molecule has 1 heterocycles. The van der Waals surface area contributed by atoms with Gasteiger partial charge in [-0.25, -0.2) is 9.67 Å². The zero-order valence-electron chi connectivity index (χ0n) is 11.6. The number of methoxy groups -OCH3 is 1. The second-order valence-electron chi connectivity index (χ2n) is 4.63. The number of aromatic nitrogens is 3. The first kappa shape index (κ1) is 15.3. The molecule has 0 radical (unpaired) electrons. The molecular formula is C13H16Cl2N4O. The van der Waals surface area contributed by atoms with Crippen LogP contribution in [-0.4, -0.2) is 40.9 Å². The molecule has 0 saturated heterocycles. The molecule has 0 saturated carbocycles. The minimum absolute atomic E-state index is 0.370. The lowest BCUT2D eigenvalue weighted by Crippen LogP contribution is -2.15. The Kier molecular flexibility index (Phi) is 4.99. The van der Waals surface area contributed by atoms with Crippen molar-refractivity contribution < 1.29 is 4.74 Å². The van der Waals surface area contributed by atoms with Crippen LogP contribution < -0.4 is 0 Å². The maximum Gasteiger partial charge on any atom is 0.177 e. The molecule has 2 rings (SSSR count). The molecule has 0 fully saturated rings. The summed E-state index contributed by atoms with van der Waals surface area (Å²) in [6.07, 6.45) is 0. The minimum Gasteiger partial charge on any atom is -0.377 e. The molecule has 0 aliphatic carbocycles. The quantitative estimate of drug-likeness (QED) is 0.851. The van der Waals surface area contributed by atoms with Crippen molar-refractivity contribution >= 4 is 23.2 Å². The minimum atomic E-state index is 0.370. The number of nitrogens with zero attached hydrogens (tertiary/aromatic N) is 4. The second kappa shape index (κ2) is 6.54. The van der Waals surface area contributed by atoms with Crippen molar-refractivity contribution in [3.8, 4) is 5.69 Å². The predicted molar refractivity (Wildman–Crippen MR) is 79.5 cm³/mol. The number of ether oxygens (including phenoxy) is 1.